The molecule has 4 amide bonds. The maximum atomic E-state index is 14.7. The number of carbonyl (C=O) groups is 4. The highest BCUT2D eigenvalue weighted by molar-refractivity contribution is 7.91. The number of ether oxygens (including phenoxy) is 2. The topological polar surface area (TPSA) is 191 Å². The van der Waals surface area contributed by atoms with Crippen molar-refractivity contribution in [1.82, 2.24) is 35.2 Å². The number of nitrogens with zero attached hydrogens (tertiary/aromatic N) is 4. The van der Waals surface area contributed by atoms with E-state index >= 15 is 0 Å². The Morgan fingerprint density at radius 1 is 1.04 bits per heavy atom. The lowest BCUT2D eigenvalue weighted by molar-refractivity contribution is -0.142. The molecule has 3 aromatic rings. The van der Waals surface area contributed by atoms with Gasteiger partial charge in [0.1, 0.15) is 34.8 Å². The van der Waals surface area contributed by atoms with Crippen molar-refractivity contribution in [2.75, 3.05) is 20.3 Å². The van der Waals surface area contributed by atoms with Gasteiger partial charge in [0.05, 0.1) is 25.0 Å². The van der Waals surface area contributed by atoms with E-state index in [4.69, 9.17) is 19.7 Å². The summed E-state index contributed by atoms with van der Waals surface area (Å²) in [5.74, 6) is -1.80. The number of hydrogen-bond donors (Lipinski definition) is 3. The number of nitrogens with one attached hydrogen (secondary N) is 3. The quantitative estimate of drug-likeness (QED) is 0.277. The third-order valence-corrected chi connectivity index (χ3v) is 13.2. The lowest BCUT2D eigenvalue weighted by Crippen LogP contribution is -2.60. The molecule has 7 rings (SSSR count). The molecule has 2 aromatic carbocycles. The maximum Gasteiger partial charge on any atom is 0.407 e. The van der Waals surface area contributed by atoms with Crippen LogP contribution in [0.15, 0.2) is 61.2 Å². The van der Waals surface area contributed by atoms with Gasteiger partial charge in [-0.15, -0.1) is 6.58 Å². The summed E-state index contributed by atoms with van der Waals surface area (Å²) in [7, 11) is -2.28. The second-order valence-corrected chi connectivity index (χ2v) is 18.5. The number of carbonyl (C=O) groups excluding carboxylic acids is 4. The highest BCUT2D eigenvalue weighted by atomic mass is 32.2. The van der Waals surface area contributed by atoms with E-state index in [-0.39, 0.29) is 26.0 Å². The summed E-state index contributed by atoms with van der Waals surface area (Å²) >= 11 is 0. The molecule has 1 aromatic heterocycles. The van der Waals surface area contributed by atoms with Gasteiger partial charge in [0.2, 0.25) is 21.8 Å². The molecule has 0 unspecified atom stereocenters. The summed E-state index contributed by atoms with van der Waals surface area (Å²) in [5, 5.41) is 15.0. The number of rotatable bonds is 8. The normalized spacial score (nSPS) is 25.5. The van der Waals surface area contributed by atoms with Gasteiger partial charge in [0.15, 0.2) is 0 Å². The van der Waals surface area contributed by atoms with Crippen LogP contribution in [0.1, 0.15) is 77.3 Å². The minimum atomic E-state index is -3.91. The molecule has 16 heteroatoms. The van der Waals surface area contributed by atoms with Gasteiger partial charge < -0.3 is 25.0 Å². The number of sulfonamides is 1. The molecule has 6 bridgehead atoms. The summed E-state index contributed by atoms with van der Waals surface area (Å²) in [4.78, 5) is 59.0. The van der Waals surface area contributed by atoms with Gasteiger partial charge in [-0.05, 0) is 74.1 Å². The molecular formula is C41H51N7O8S. The van der Waals surface area contributed by atoms with E-state index in [1.165, 1.54) is 11.0 Å². The molecule has 4 aliphatic rings. The number of alkyl carbamates (subject to hydrolysis) is 1. The first kappa shape index (κ1) is 40.0. The second kappa shape index (κ2) is 15.6. The number of fused-ring (bicyclic) bond motifs is 8. The Balaban J connectivity index is 1.29. The van der Waals surface area contributed by atoms with Crippen molar-refractivity contribution < 1.29 is 37.1 Å². The SMILES string of the molecule is C=C[C@@H]1C[C@]1(NC(=O)[C@@H]1C[C@@H]2CN1C(=O)[C@H](C(C)(C)C)NC(=O)OCCCCCc1cc(ccc1OC)-c1nn2nc1-c1ccccc1)C(=O)NS(=O)(=O)C1CC1. The zero-order chi connectivity index (χ0) is 40.7. The maximum absolute atomic E-state index is 14.7. The van der Waals surface area contributed by atoms with Gasteiger partial charge in [-0.1, -0.05) is 57.2 Å². The van der Waals surface area contributed by atoms with Gasteiger partial charge in [0, 0.05) is 30.0 Å². The Kier molecular flexibility index (Phi) is 10.9. The van der Waals surface area contributed by atoms with Crippen molar-refractivity contribution >= 4 is 33.8 Å². The molecule has 0 spiro atoms. The lowest BCUT2D eigenvalue weighted by Gasteiger charge is -2.35. The second-order valence-electron chi connectivity index (χ2n) is 16.6. The number of amides is 4. The van der Waals surface area contributed by atoms with Crippen LogP contribution in [-0.4, -0.2) is 95.3 Å². The molecule has 3 heterocycles. The zero-order valence-electron chi connectivity index (χ0n) is 32.8. The van der Waals surface area contributed by atoms with Crippen molar-refractivity contribution in [3.63, 3.8) is 0 Å². The van der Waals surface area contributed by atoms with Gasteiger partial charge in [0.25, 0.3) is 5.91 Å². The summed E-state index contributed by atoms with van der Waals surface area (Å²) in [5.41, 5.74) is 1.49. The molecule has 2 aliphatic carbocycles. The van der Waals surface area contributed by atoms with E-state index in [0.717, 1.165) is 35.3 Å². The van der Waals surface area contributed by atoms with Crippen LogP contribution in [0, 0.1) is 11.3 Å². The van der Waals surface area contributed by atoms with Crippen molar-refractivity contribution in [3.8, 4) is 28.3 Å². The zero-order valence-corrected chi connectivity index (χ0v) is 33.6. The molecule has 5 atom stereocenters. The van der Waals surface area contributed by atoms with Gasteiger partial charge >= 0.3 is 6.09 Å². The minimum Gasteiger partial charge on any atom is -0.496 e. The third kappa shape index (κ3) is 8.27. The smallest absolute Gasteiger partial charge is 0.407 e. The predicted octanol–water partition coefficient (Wildman–Crippen LogP) is 4.30. The highest BCUT2D eigenvalue weighted by Gasteiger charge is 2.62. The fourth-order valence-electron chi connectivity index (χ4n) is 7.82. The Labute approximate surface area is 333 Å². The number of hydrogen-bond acceptors (Lipinski definition) is 10. The predicted molar refractivity (Wildman–Crippen MR) is 211 cm³/mol. The van der Waals surface area contributed by atoms with Gasteiger partial charge in [-0.2, -0.15) is 15.0 Å². The first-order chi connectivity index (χ1) is 27.1. The molecule has 3 N–H and O–H groups in total. The van der Waals surface area contributed by atoms with Gasteiger partial charge in [-0.3, -0.25) is 19.1 Å². The molecular weight excluding hydrogens is 751 g/mol. The number of aromatic nitrogens is 3. The number of cyclic esters (lactones) is 1. The van der Waals surface area contributed by atoms with Gasteiger partial charge in [-0.25, -0.2) is 13.2 Å². The van der Waals surface area contributed by atoms with Crippen LogP contribution >= 0.6 is 0 Å². The van der Waals surface area contributed by atoms with E-state index in [0.29, 0.717) is 37.1 Å². The van der Waals surface area contributed by atoms with Crippen LogP contribution in [0.2, 0.25) is 0 Å². The molecule has 1 saturated heterocycles. The fraction of sp³-hybridized carbons (Fsp3) is 0.512. The Bertz CT molecular complexity index is 2160. The minimum absolute atomic E-state index is 0.00339. The van der Waals surface area contributed by atoms with E-state index in [9.17, 15) is 27.6 Å². The first-order valence-electron chi connectivity index (χ1n) is 19.6. The van der Waals surface area contributed by atoms with Crippen LogP contribution in [-0.2, 0) is 35.6 Å². The van der Waals surface area contributed by atoms with E-state index in [1.807, 2.05) is 69.3 Å². The van der Waals surface area contributed by atoms with Crippen LogP contribution in [0.25, 0.3) is 22.5 Å². The number of aryl methyl sites for hydroxylation is 1. The Morgan fingerprint density at radius 2 is 1.75 bits per heavy atom. The summed E-state index contributed by atoms with van der Waals surface area (Å²) in [6, 6.07) is 12.7. The average Bonchev–Trinajstić information content (AvgIpc) is 4.07. The fourth-order valence-corrected chi connectivity index (χ4v) is 9.18. The van der Waals surface area contributed by atoms with E-state index in [1.54, 1.807) is 11.9 Å². The standard InChI is InChI=1S/C41H51N7O8S/c1-6-28-23-41(28,38(51)46-57(53,54)30-17-18-30)43-36(49)31-22-29-24-47(31)37(50)35(40(2,3)4)42-39(52)56-20-12-8-11-15-26-21-27(16-19-32(26)55-5)34-33(44-48(29)45-34)25-13-9-7-10-14-25/h6-7,9-10,13-14,16,19,21,28-31,35H,1,8,11-12,15,17-18,20,22-24H2,2-5H3,(H,42,52)(H,43,49)(H,46,51)/t28-,29-,31+,35-,41-/m1/s1. The summed E-state index contributed by atoms with van der Waals surface area (Å²) in [6.45, 7) is 9.37. The average molecular weight is 802 g/mol. The lowest BCUT2D eigenvalue weighted by atomic mass is 9.85. The third-order valence-electron chi connectivity index (χ3n) is 11.4. The van der Waals surface area contributed by atoms with Crippen LogP contribution < -0.4 is 20.1 Å². The number of benzene rings is 2. The molecule has 2 saturated carbocycles. The molecule has 0 radical (unpaired) electrons. The van der Waals surface area contributed by atoms with E-state index in [2.05, 4.69) is 21.9 Å². The van der Waals surface area contributed by atoms with Crippen molar-refractivity contribution in [3.05, 3.63) is 66.7 Å². The van der Waals surface area contributed by atoms with Crippen LogP contribution in [0.3, 0.4) is 0 Å². The highest BCUT2D eigenvalue weighted by Crippen LogP contribution is 2.46. The molecule has 3 fully saturated rings. The molecule has 57 heavy (non-hydrogen) atoms. The largest absolute Gasteiger partial charge is 0.496 e. The summed E-state index contributed by atoms with van der Waals surface area (Å²) in [6.07, 6.45) is 4.80. The molecule has 2 aliphatic heterocycles. The first-order valence-corrected chi connectivity index (χ1v) is 21.1. The van der Waals surface area contributed by atoms with Crippen LogP contribution in [0.5, 0.6) is 5.75 Å². The van der Waals surface area contributed by atoms with Crippen molar-refractivity contribution in [1.29, 1.82) is 0 Å². The number of methoxy groups -OCH3 is 1. The Hall–Kier alpha value is -5.25. The monoisotopic (exact) mass is 801 g/mol. The van der Waals surface area contributed by atoms with E-state index < -0.39 is 74.1 Å². The van der Waals surface area contributed by atoms with Crippen LogP contribution in [0.4, 0.5) is 4.79 Å². The molecule has 15 nitrogen and oxygen atoms in total. The molecule has 304 valence electrons. The Morgan fingerprint density at radius 3 is 2.40 bits per heavy atom. The summed E-state index contributed by atoms with van der Waals surface area (Å²) < 4.78 is 39.0. The van der Waals surface area contributed by atoms with Crippen molar-refractivity contribution in [2.24, 2.45) is 11.3 Å². The van der Waals surface area contributed by atoms with Crippen molar-refractivity contribution in [2.45, 2.75) is 101 Å².